The van der Waals surface area contributed by atoms with E-state index in [4.69, 9.17) is 20.8 Å². The second-order valence-corrected chi connectivity index (χ2v) is 9.60. The molecule has 2 aromatic rings. The number of aromatic nitrogens is 2. The maximum absolute atomic E-state index is 12.7. The number of aliphatic hydroxyl groups excluding tert-OH is 1. The fourth-order valence-electron chi connectivity index (χ4n) is 4.71. The lowest BCUT2D eigenvalue weighted by atomic mass is 9.74. The van der Waals surface area contributed by atoms with E-state index in [-0.39, 0.29) is 42.9 Å². The number of alkyl halides is 3. The minimum Gasteiger partial charge on any atom is -0.480 e. The van der Waals surface area contributed by atoms with Crippen molar-refractivity contribution in [2.24, 2.45) is 5.92 Å². The normalized spacial score (nSPS) is 28.0. The molecule has 2 atom stereocenters. The zero-order valence-corrected chi connectivity index (χ0v) is 18.8. The number of hydrogen-bond donors (Lipinski definition) is 2. The smallest absolute Gasteiger partial charge is 0.391 e. The van der Waals surface area contributed by atoms with Gasteiger partial charge in [0.15, 0.2) is 6.10 Å². The van der Waals surface area contributed by atoms with Crippen LogP contribution in [0.2, 0.25) is 5.02 Å². The third-order valence-corrected chi connectivity index (χ3v) is 7.08. The van der Waals surface area contributed by atoms with Crippen molar-refractivity contribution >= 4 is 17.5 Å². The Morgan fingerprint density at radius 3 is 2.47 bits per heavy atom. The van der Waals surface area contributed by atoms with Gasteiger partial charge in [-0.2, -0.15) is 13.2 Å². The molecule has 1 aromatic heterocycles. The fraction of sp³-hybridized carbons (Fsp3) is 0.591. The van der Waals surface area contributed by atoms with Crippen molar-refractivity contribution in [2.45, 2.75) is 62.3 Å². The van der Waals surface area contributed by atoms with Gasteiger partial charge in [-0.05, 0) is 43.9 Å². The monoisotopic (exact) mass is 500 g/mol. The number of benzene rings is 1. The first-order valence-corrected chi connectivity index (χ1v) is 11.6. The van der Waals surface area contributed by atoms with E-state index in [1.807, 2.05) is 0 Å². The van der Waals surface area contributed by atoms with Crippen molar-refractivity contribution in [1.82, 2.24) is 20.6 Å². The average Bonchev–Trinajstić information content (AvgIpc) is 3.22. The van der Waals surface area contributed by atoms with Crippen LogP contribution < -0.4 is 10.2 Å². The molecule has 1 saturated carbocycles. The maximum atomic E-state index is 12.7. The predicted octanol–water partition coefficient (Wildman–Crippen LogP) is 3.87. The molecule has 0 radical (unpaired) electrons. The van der Waals surface area contributed by atoms with Crippen LogP contribution in [0.15, 0.2) is 22.6 Å². The van der Waals surface area contributed by atoms with Crippen molar-refractivity contribution in [2.75, 3.05) is 13.1 Å². The van der Waals surface area contributed by atoms with Gasteiger partial charge in [0.1, 0.15) is 5.75 Å². The van der Waals surface area contributed by atoms with Crippen LogP contribution in [-0.4, -0.2) is 51.6 Å². The molecule has 1 saturated heterocycles. The molecule has 1 aliphatic carbocycles. The first-order chi connectivity index (χ1) is 16.2. The number of ether oxygens (including phenoxy) is 1. The number of amides is 1. The quantitative estimate of drug-likeness (QED) is 0.657. The summed E-state index contributed by atoms with van der Waals surface area (Å²) in [6.45, 7) is 1.07. The van der Waals surface area contributed by atoms with E-state index in [9.17, 15) is 23.1 Å². The lowest BCUT2D eigenvalue weighted by Gasteiger charge is -2.34. The Bertz CT molecular complexity index is 1050. The van der Waals surface area contributed by atoms with Crippen LogP contribution in [0.5, 0.6) is 5.75 Å². The molecule has 0 bridgehead atoms. The number of hydrogen-bond acceptors (Lipinski definition) is 7. The van der Waals surface area contributed by atoms with Gasteiger partial charge in [-0.25, -0.2) is 5.01 Å². The fourth-order valence-corrected chi connectivity index (χ4v) is 4.89. The highest BCUT2D eigenvalue weighted by Gasteiger charge is 2.50. The Morgan fingerprint density at radius 2 is 1.79 bits per heavy atom. The van der Waals surface area contributed by atoms with Crippen LogP contribution >= 0.6 is 11.6 Å². The predicted molar refractivity (Wildman–Crippen MR) is 113 cm³/mol. The molecule has 0 unspecified atom stereocenters. The summed E-state index contributed by atoms with van der Waals surface area (Å²) in [6, 6.07) is 4.90. The highest BCUT2D eigenvalue weighted by atomic mass is 35.5. The van der Waals surface area contributed by atoms with Crippen molar-refractivity contribution in [3.63, 3.8) is 0 Å². The van der Waals surface area contributed by atoms with Gasteiger partial charge in [0.2, 0.25) is 11.8 Å². The van der Waals surface area contributed by atoms with E-state index in [2.05, 4.69) is 15.6 Å². The van der Waals surface area contributed by atoms with Gasteiger partial charge >= 0.3 is 6.18 Å². The minimum atomic E-state index is -4.17. The highest BCUT2D eigenvalue weighted by Crippen LogP contribution is 2.49. The molecule has 0 spiro atoms. The van der Waals surface area contributed by atoms with E-state index in [0.29, 0.717) is 48.2 Å². The first kappa shape index (κ1) is 23.4. The number of piperidine rings is 1. The van der Waals surface area contributed by atoms with E-state index >= 15 is 0 Å². The molecular formula is C22H24ClF3N4O4. The Hall–Kier alpha value is -2.37. The summed E-state index contributed by atoms with van der Waals surface area (Å²) in [7, 11) is 0. The summed E-state index contributed by atoms with van der Waals surface area (Å²) in [5.74, 6) is -0.840. The zero-order valence-electron chi connectivity index (χ0n) is 18.1. The molecule has 1 amide bonds. The first-order valence-electron chi connectivity index (χ1n) is 11.3. The van der Waals surface area contributed by atoms with Crippen molar-refractivity contribution < 1.29 is 32.2 Å². The molecule has 34 heavy (non-hydrogen) atoms. The van der Waals surface area contributed by atoms with Crippen molar-refractivity contribution in [3.05, 3.63) is 40.6 Å². The van der Waals surface area contributed by atoms with Crippen LogP contribution in [0.25, 0.3) is 0 Å². The molecule has 1 aromatic carbocycles. The standard InChI is InChI=1S/C22H24ClF3N4O4/c23-14-1-2-17-15(9-14)16(31)10-18(33-17)19(32)29-30-5-3-11(4-6-30)20-27-28-21(34-20)12-7-13(8-12)22(24,25)26/h1-2,9,11-13,16,18,31H,3-8,10H2,(H,29,32)/t12?,13?,16-,18-/m1/s1. The number of nitrogens with zero attached hydrogens (tertiary/aromatic N) is 3. The molecule has 3 heterocycles. The van der Waals surface area contributed by atoms with Gasteiger partial charge in [-0.1, -0.05) is 11.6 Å². The molecular weight excluding hydrogens is 477 g/mol. The van der Waals surface area contributed by atoms with Crippen LogP contribution in [0, 0.1) is 5.92 Å². The number of hydrazine groups is 1. The van der Waals surface area contributed by atoms with E-state index in [0.717, 1.165) is 0 Å². The number of halogens is 4. The van der Waals surface area contributed by atoms with Gasteiger partial charge < -0.3 is 14.3 Å². The molecule has 2 N–H and O–H groups in total. The number of fused-ring (bicyclic) bond motifs is 1. The second kappa shape index (κ2) is 9.01. The summed E-state index contributed by atoms with van der Waals surface area (Å²) < 4.78 is 49.6. The molecule has 184 valence electrons. The minimum absolute atomic E-state index is 0.00887. The second-order valence-electron chi connectivity index (χ2n) is 9.16. The summed E-state index contributed by atoms with van der Waals surface area (Å²) in [4.78, 5) is 12.7. The molecule has 8 nitrogen and oxygen atoms in total. The van der Waals surface area contributed by atoms with Gasteiger partial charge in [0.05, 0.1) is 12.0 Å². The average molecular weight is 501 g/mol. The van der Waals surface area contributed by atoms with Crippen LogP contribution in [0.4, 0.5) is 13.2 Å². The Labute approximate surface area is 198 Å². The van der Waals surface area contributed by atoms with E-state index in [1.165, 1.54) is 0 Å². The zero-order chi connectivity index (χ0) is 24.0. The highest BCUT2D eigenvalue weighted by molar-refractivity contribution is 6.30. The molecule has 12 heteroatoms. The lowest BCUT2D eigenvalue weighted by Crippen LogP contribution is -2.51. The van der Waals surface area contributed by atoms with Gasteiger partial charge in [0.25, 0.3) is 5.91 Å². The Balaban J connectivity index is 1.11. The summed E-state index contributed by atoms with van der Waals surface area (Å²) in [6.07, 6.45) is -4.46. The molecule has 2 fully saturated rings. The number of aliphatic hydroxyl groups is 1. The van der Waals surface area contributed by atoms with E-state index in [1.54, 1.807) is 23.2 Å². The Morgan fingerprint density at radius 1 is 1.12 bits per heavy atom. The SMILES string of the molecule is O=C(NN1CCC(c2nnc(C3CC(C(F)(F)F)C3)o2)CC1)[C@H]1C[C@@H](O)c2cc(Cl)ccc2O1. The number of nitrogens with one attached hydrogen (secondary N) is 1. The molecule has 5 rings (SSSR count). The number of carbonyl (C=O) groups excluding carboxylic acids is 1. The van der Waals surface area contributed by atoms with Crippen molar-refractivity contribution in [1.29, 1.82) is 0 Å². The number of carbonyl (C=O) groups is 1. The molecule has 3 aliphatic rings. The lowest BCUT2D eigenvalue weighted by molar-refractivity contribution is -0.198. The Kier molecular flexibility index (Phi) is 6.19. The summed E-state index contributed by atoms with van der Waals surface area (Å²) >= 11 is 5.97. The third-order valence-electron chi connectivity index (χ3n) is 6.85. The van der Waals surface area contributed by atoms with Crippen LogP contribution in [-0.2, 0) is 4.79 Å². The summed E-state index contributed by atoms with van der Waals surface area (Å²) in [5, 5.41) is 20.7. The largest absolute Gasteiger partial charge is 0.480 e. The van der Waals surface area contributed by atoms with Gasteiger partial charge in [-0.3, -0.25) is 10.2 Å². The number of rotatable bonds is 4. The van der Waals surface area contributed by atoms with E-state index < -0.39 is 24.3 Å². The van der Waals surface area contributed by atoms with Crippen molar-refractivity contribution in [3.8, 4) is 5.75 Å². The van der Waals surface area contributed by atoms with Gasteiger partial charge in [-0.15, -0.1) is 10.2 Å². The third kappa shape index (κ3) is 4.73. The molecule has 2 aliphatic heterocycles. The summed E-state index contributed by atoms with van der Waals surface area (Å²) in [5.41, 5.74) is 3.41. The topological polar surface area (TPSA) is 101 Å². The van der Waals surface area contributed by atoms with Crippen LogP contribution in [0.1, 0.15) is 67.4 Å². The maximum Gasteiger partial charge on any atom is 0.391 e. The van der Waals surface area contributed by atoms with Crippen LogP contribution in [0.3, 0.4) is 0 Å². The van der Waals surface area contributed by atoms with Gasteiger partial charge in [0, 0.05) is 41.9 Å².